The van der Waals surface area contributed by atoms with Crippen molar-refractivity contribution >= 4 is 5.91 Å². The second-order valence-electron chi connectivity index (χ2n) is 6.29. The Kier molecular flexibility index (Phi) is 5.68. The van der Waals surface area contributed by atoms with Gasteiger partial charge in [0.05, 0.1) is 12.5 Å². The lowest BCUT2D eigenvalue weighted by Crippen LogP contribution is -2.28. The highest BCUT2D eigenvalue weighted by atomic mass is 16.1. The van der Waals surface area contributed by atoms with E-state index in [-0.39, 0.29) is 11.9 Å². The summed E-state index contributed by atoms with van der Waals surface area (Å²) in [5, 5.41) is 3.06. The lowest BCUT2D eigenvalue weighted by Gasteiger charge is -2.21. The number of aromatic nitrogens is 1. The molecule has 0 bridgehead atoms. The van der Waals surface area contributed by atoms with E-state index in [1.165, 1.54) is 16.7 Å². The van der Waals surface area contributed by atoms with Crippen LogP contribution in [-0.4, -0.2) is 17.0 Å². The molecule has 128 valence electrons. The summed E-state index contributed by atoms with van der Waals surface area (Å²) < 4.78 is 2.11. The first kappa shape index (κ1) is 17.0. The Morgan fingerprint density at radius 2 is 1.64 bits per heavy atom. The van der Waals surface area contributed by atoms with Crippen LogP contribution in [0, 0.1) is 6.92 Å². The van der Waals surface area contributed by atoms with E-state index in [0.29, 0.717) is 13.0 Å². The van der Waals surface area contributed by atoms with E-state index in [1.807, 2.05) is 54.9 Å². The number of aryl methyl sites for hydroxylation is 1. The number of rotatable bonds is 7. The minimum absolute atomic E-state index is 0.0212. The number of carbonyl (C=O) groups is 1. The van der Waals surface area contributed by atoms with Gasteiger partial charge in [0.25, 0.3) is 0 Å². The van der Waals surface area contributed by atoms with Crippen LogP contribution in [0.3, 0.4) is 0 Å². The lowest BCUT2D eigenvalue weighted by molar-refractivity contribution is -0.121. The average molecular weight is 332 g/mol. The van der Waals surface area contributed by atoms with Crippen molar-refractivity contribution in [3.63, 3.8) is 0 Å². The van der Waals surface area contributed by atoms with E-state index >= 15 is 0 Å². The molecule has 3 heteroatoms. The Morgan fingerprint density at radius 1 is 0.960 bits per heavy atom. The molecule has 0 aliphatic heterocycles. The molecule has 3 rings (SSSR count). The molecule has 1 amide bonds. The Morgan fingerprint density at radius 3 is 2.36 bits per heavy atom. The van der Waals surface area contributed by atoms with Gasteiger partial charge < -0.3 is 9.88 Å². The van der Waals surface area contributed by atoms with Crippen molar-refractivity contribution in [1.82, 2.24) is 9.88 Å². The van der Waals surface area contributed by atoms with Gasteiger partial charge in [-0.05, 0) is 42.2 Å². The van der Waals surface area contributed by atoms with E-state index in [0.717, 1.165) is 6.42 Å². The topological polar surface area (TPSA) is 34.0 Å². The summed E-state index contributed by atoms with van der Waals surface area (Å²) in [7, 11) is 0. The smallest absolute Gasteiger partial charge is 0.222 e. The third-order valence-electron chi connectivity index (χ3n) is 4.49. The van der Waals surface area contributed by atoms with Crippen LogP contribution < -0.4 is 5.32 Å². The molecular formula is C22H24N2O. The fraction of sp³-hybridized carbons (Fsp3) is 0.227. The molecule has 1 aromatic heterocycles. The molecule has 0 saturated heterocycles. The molecular weight excluding hydrogens is 308 g/mol. The summed E-state index contributed by atoms with van der Waals surface area (Å²) in [5.74, 6) is 0.0814. The van der Waals surface area contributed by atoms with Gasteiger partial charge in [0.1, 0.15) is 0 Å². The number of nitrogens with one attached hydrogen (secondary N) is 1. The summed E-state index contributed by atoms with van der Waals surface area (Å²) in [5.41, 5.74) is 3.64. The van der Waals surface area contributed by atoms with Crippen LogP contribution >= 0.6 is 0 Å². The summed E-state index contributed by atoms with van der Waals surface area (Å²) in [6.45, 7) is 2.76. The fourth-order valence-corrected chi connectivity index (χ4v) is 3.13. The fourth-order valence-electron chi connectivity index (χ4n) is 3.13. The van der Waals surface area contributed by atoms with Gasteiger partial charge in [0.2, 0.25) is 5.91 Å². The van der Waals surface area contributed by atoms with Crippen molar-refractivity contribution < 1.29 is 4.79 Å². The van der Waals surface area contributed by atoms with Gasteiger partial charge >= 0.3 is 0 Å². The van der Waals surface area contributed by atoms with Crippen molar-refractivity contribution in [3.05, 3.63) is 95.8 Å². The van der Waals surface area contributed by atoms with Gasteiger partial charge in [-0.15, -0.1) is 0 Å². The molecule has 0 unspecified atom stereocenters. The van der Waals surface area contributed by atoms with Gasteiger partial charge in [0, 0.05) is 18.9 Å². The molecule has 1 atom stereocenters. The second-order valence-corrected chi connectivity index (χ2v) is 6.29. The Labute approximate surface area is 149 Å². The molecule has 1 heterocycles. The van der Waals surface area contributed by atoms with Gasteiger partial charge in [0.15, 0.2) is 0 Å². The molecule has 0 aliphatic carbocycles. The number of benzene rings is 2. The van der Waals surface area contributed by atoms with Gasteiger partial charge in [-0.3, -0.25) is 4.79 Å². The van der Waals surface area contributed by atoms with Crippen LogP contribution in [0.15, 0.2) is 79.1 Å². The largest absolute Gasteiger partial charge is 0.356 e. The minimum Gasteiger partial charge on any atom is -0.356 e. The average Bonchev–Trinajstić information content (AvgIpc) is 3.16. The normalized spacial score (nSPS) is 11.9. The molecule has 2 aromatic carbocycles. The third kappa shape index (κ3) is 4.60. The van der Waals surface area contributed by atoms with E-state index in [4.69, 9.17) is 0 Å². The van der Waals surface area contributed by atoms with Crippen LogP contribution in [0.4, 0.5) is 0 Å². The van der Waals surface area contributed by atoms with E-state index < -0.39 is 0 Å². The third-order valence-corrected chi connectivity index (χ3v) is 4.49. The first-order chi connectivity index (χ1) is 12.2. The van der Waals surface area contributed by atoms with E-state index in [9.17, 15) is 4.79 Å². The lowest BCUT2D eigenvalue weighted by atomic mass is 9.98. The molecule has 0 radical (unpaired) electrons. The summed E-state index contributed by atoms with van der Waals surface area (Å²) in [4.78, 5) is 12.5. The number of hydrogen-bond donors (Lipinski definition) is 1. The van der Waals surface area contributed by atoms with Crippen LogP contribution in [0.5, 0.6) is 0 Å². The molecule has 0 fully saturated rings. The molecule has 25 heavy (non-hydrogen) atoms. The SMILES string of the molecule is Cc1ccccc1[C@H](CC(=O)NCCc1ccccc1)n1cccc1. The van der Waals surface area contributed by atoms with Gasteiger partial charge in [-0.2, -0.15) is 0 Å². The predicted octanol–water partition coefficient (Wildman–Crippen LogP) is 4.13. The monoisotopic (exact) mass is 332 g/mol. The summed E-state index contributed by atoms with van der Waals surface area (Å²) in [6, 6.07) is 22.5. The van der Waals surface area contributed by atoms with Crippen molar-refractivity contribution in [2.45, 2.75) is 25.8 Å². The quantitative estimate of drug-likeness (QED) is 0.693. The Balaban J connectivity index is 1.64. The van der Waals surface area contributed by atoms with Crippen molar-refractivity contribution in [2.75, 3.05) is 6.54 Å². The highest BCUT2D eigenvalue weighted by Gasteiger charge is 2.18. The van der Waals surface area contributed by atoms with Crippen LogP contribution in [-0.2, 0) is 11.2 Å². The first-order valence-electron chi connectivity index (χ1n) is 8.72. The number of hydrogen-bond acceptors (Lipinski definition) is 1. The van der Waals surface area contributed by atoms with Crippen molar-refractivity contribution in [2.24, 2.45) is 0 Å². The molecule has 3 aromatic rings. The van der Waals surface area contributed by atoms with E-state index in [2.05, 4.69) is 41.1 Å². The molecule has 0 spiro atoms. The minimum atomic E-state index is 0.0212. The standard InChI is InChI=1S/C22H24N2O/c1-18-9-5-6-12-20(18)21(24-15-7-8-16-24)17-22(25)23-14-13-19-10-3-2-4-11-19/h2-12,15-16,21H,13-14,17H2,1H3,(H,23,25)/t21-/m0/s1. The predicted molar refractivity (Wildman–Crippen MR) is 102 cm³/mol. The molecule has 0 saturated carbocycles. The number of nitrogens with zero attached hydrogens (tertiary/aromatic N) is 1. The number of amides is 1. The van der Waals surface area contributed by atoms with Gasteiger partial charge in [-0.1, -0.05) is 54.6 Å². The maximum Gasteiger partial charge on any atom is 0.222 e. The summed E-state index contributed by atoms with van der Waals surface area (Å²) in [6.07, 6.45) is 5.34. The van der Waals surface area contributed by atoms with Crippen LogP contribution in [0.1, 0.15) is 29.2 Å². The molecule has 1 N–H and O–H groups in total. The highest BCUT2D eigenvalue weighted by molar-refractivity contribution is 5.77. The first-order valence-corrected chi connectivity index (χ1v) is 8.72. The number of carbonyl (C=O) groups excluding carboxylic acids is 1. The Bertz CT molecular complexity index is 794. The maximum atomic E-state index is 12.5. The van der Waals surface area contributed by atoms with Gasteiger partial charge in [-0.25, -0.2) is 0 Å². The zero-order valence-electron chi connectivity index (χ0n) is 14.6. The van der Waals surface area contributed by atoms with Crippen molar-refractivity contribution in [1.29, 1.82) is 0 Å². The second kappa shape index (κ2) is 8.34. The molecule has 0 aliphatic rings. The highest BCUT2D eigenvalue weighted by Crippen LogP contribution is 2.25. The van der Waals surface area contributed by atoms with E-state index in [1.54, 1.807) is 0 Å². The van der Waals surface area contributed by atoms with Crippen LogP contribution in [0.25, 0.3) is 0 Å². The summed E-state index contributed by atoms with van der Waals surface area (Å²) >= 11 is 0. The van der Waals surface area contributed by atoms with Crippen molar-refractivity contribution in [3.8, 4) is 0 Å². The maximum absolute atomic E-state index is 12.5. The Hall–Kier alpha value is -2.81. The molecule has 3 nitrogen and oxygen atoms in total. The zero-order chi connectivity index (χ0) is 17.5. The zero-order valence-corrected chi connectivity index (χ0v) is 14.6. The van der Waals surface area contributed by atoms with Crippen LogP contribution in [0.2, 0.25) is 0 Å².